The fourth-order valence-electron chi connectivity index (χ4n) is 2.65. The van der Waals surface area contributed by atoms with Crippen LogP contribution in [0.4, 0.5) is 0 Å². The van der Waals surface area contributed by atoms with E-state index in [4.69, 9.17) is 5.11 Å². The maximum Gasteiger partial charge on any atom is 0.306 e. The predicted octanol–water partition coefficient (Wildman–Crippen LogP) is 0.651. The topological polar surface area (TPSA) is 60.9 Å². The minimum Gasteiger partial charge on any atom is -0.481 e. The monoisotopic (exact) mass is 254 g/mol. The van der Waals surface area contributed by atoms with Crippen molar-refractivity contribution in [2.24, 2.45) is 11.8 Å². The summed E-state index contributed by atoms with van der Waals surface area (Å²) in [6.07, 6.45) is 3.07. The van der Waals surface area contributed by atoms with Gasteiger partial charge in [0, 0.05) is 32.0 Å². The number of aliphatic carboxylic acids is 1. The lowest BCUT2D eigenvalue weighted by atomic mass is 9.87. The van der Waals surface area contributed by atoms with Crippen LogP contribution in [0.15, 0.2) is 0 Å². The van der Waals surface area contributed by atoms with Gasteiger partial charge in [0.25, 0.3) is 0 Å². The molecule has 2 heterocycles. The molecule has 0 aromatic heterocycles. The van der Waals surface area contributed by atoms with Crippen LogP contribution in [0.2, 0.25) is 0 Å². The highest BCUT2D eigenvalue weighted by atomic mass is 16.4. The zero-order valence-electron chi connectivity index (χ0n) is 11.0. The van der Waals surface area contributed by atoms with Crippen LogP contribution < -0.4 is 0 Å². The van der Waals surface area contributed by atoms with Crippen LogP contribution in [-0.4, -0.2) is 59.5 Å². The third kappa shape index (κ3) is 3.02. The Morgan fingerprint density at radius 2 is 1.89 bits per heavy atom. The van der Waals surface area contributed by atoms with Crippen molar-refractivity contribution in [3.63, 3.8) is 0 Å². The van der Waals surface area contributed by atoms with Crippen molar-refractivity contribution in [3.05, 3.63) is 0 Å². The molecule has 1 atom stereocenters. The van der Waals surface area contributed by atoms with Crippen molar-refractivity contribution in [2.75, 3.05) is 32.7 Å². The van der Waals surface area contributed by atoms with Crippen molar-refractivity contribution in [3.8, 4) is 0 Å². The van der Waals surface area contributed by atoms with Gasteiger partial charge >= 0.3 is 5.97 Å². The van der Waals surface area contributed by atoms with Gasteiger partial charge in [0.2, 0.25) is 5.91 Å². The molecule has 5 nitrogen and oxygen atoms in total. The Balaban J connectivity index is 1.65. The number of hydrogen-bond donors (Lipinski definition) is 1. The van der Waals surface area contributed by atoms with Crippen LogP contribution in [0, 0.1) is 11.8 Å². The first-order chi connectivity index (χ1) is 8.58. The van der Waals surface area contributed by atoms with Crippen LogP contribution in [0.5, 0.6) is 0 Å². The van der Waals surface area contributed by atoms with E-state index in [1.165, 1.54) is 12.8 Å². The molecule has 1 unspecified atom stereocenters. The third-order valence-corrected chi connectivity index (χ3v) is 4.20. The molecule has 0 aliphatic carbocycles. The Morgan fingerprint density at radius 3 is 2.44 bits per heavy atom. The van der Waals surface area contributed by atoms with Gasteiger partial charge in [-0.15, -0.1) is 0 Å². The standard InChI is InChI=1S/C13H22N2O3/c1-10(13(17)18)11-8-15(9-11)12(16)4-7-14-5-2-3-6-14/h10-11H,2-9H2,1H3,(H,17,18). The molecule has 1 N–H and O–H groups in total. The maximum atomic E-state index is 11.9. The fourth-order valence-corrected chi connectivity index (χ4v) is 2.65. The van der Waals surface area contributed by atoms with Gasteiger partial charge in [0.15, 0.2) is 0 Å². The Morgan fingerprint density at radius 1 is 1.28 bits per heavy atom. The largest absolute Gasteiger partial charge is 0.481 e. The minimum atomic E-state index is -0.760. The first-order valence-electron chi connectivity index (χ1n) is 6.81. The summed E-state index contributed by atoms with van der Waals surface area (Å²) < 4.78 is 0. The number of likely N-dealkylation sites (tertiary alicyclic amines) is 2. The molecule has 2 saturated heterocycles. The second-order valence-corrected chi connectivity index (χ2v) is 5.48. The van der Waals surface area contributed by atoms with Crippen LogP contribution in [-0.2, 0) is 9.59 Å². The molecule has 18 heavy (non-hydrogen) atoms. The zero-order chi connectivity index (χ0) is 13.1. The quantitative estimate of drug-likeness (QED) is 0.782. The Hall–Kier alpha value is -1.10. The molecule has 0 saturated carbocycles. The number of hydrogen-bond acceptors (Lipinski definition) is 3. The van der Waals surface area contributed by atoms with Crippen molar-refractivity contribution in [2.45, 2.75) is 26.2 Å². The second kappa shape index (κ2) is 5.69. The number of carbonyl (C=O) groups is 2. The molecular formula is C13H22N2O3. The summed E-state index contributed by atoms with van der Waals surface area (Å²) in [5.74, 6) is -0.786. The van der Waals surface area contributed by atoms with E-state index in [1.807, 2.05) is 0 Å². The predicted molar refractivity (Wildman–Crippen MR) is 67.2 cm³/mol. The summed E-state index contributed by atoms with van der Waals surface area (Å²) in [6.45, 7) is 6.05. The summed E-state index contributed by atoms with van der Waals surface area (Å²) in [6, 6.07) is 0. The van der Waals surface area contributed by atoms with Gasteiger partial charge in [0.05, 0.1) is 5.92 Å². The highest BCUT2D eigenvalue weighted by molar-refractivity contribution is 5.78. The Bertz CT molecular complexity index is 320. The van der Waals surface area contributed by atoms with E-state index in [9.17, 15) is 9.59 Å². The molecule has 1 amide bonds. The summed E-state index contributed by atoms with van der Waals surface area (Å²) in [7, 11) is 0. The first-order valence-corrected chi connectivity index (χ1v) is 6.81. The lowest BCUT2D eigenvalue weighted by Gasteiger charge is -2.41. The Kier molecular flexibility index (Phi) is 4.22. The fraction of sp³-hybridized carbons (Fsp3) is 0.846. The number of carboxylic acid groups (broad SMARTS) is 1. The van der Waals surface area contributed by atoms with Gasteiger partial charge in [-0.1, -0.05) is 6.92 Å². The van der Waals surface area contributed by atoms with Crippen molar-refractivity contribution in [1.82, 2.24) is 9.80 Å². The molecule has 0 spiro atoms. The van der Waals surface area contributed by atoms with Crippen LogP contribution >= 0.6 is 0 Å². The molecule has 0 aromatic carbocycles. The molecule has 0 bridgehead atoms. The van der Waals surface area contributed by atoms with Gasteiger partial charge in [-0.25, -0.2) is 0 Å². The number of carbonyl (C=O) groups excluding carboxylic acids is 1. The first kappa shape index (κ1) is 13.3. The average molecular weight is 254 g/mol. The molecule has 5 heteroatoms. The third-order valence-electron chi connectivity index (χ3n) is 4.20. The maximum absolute atomic E-state index is 11.9. The lowest BCUT2D eigenvalue weighted by Crippen LogP contribution is -2.53. The summed E-state index contributed by atoms with van der Waals surface area (Å²) in [4.78, 5) is 26.8. The number of rotatable bonds is 5. The van der Waals surface area contributed by atoms with E-state index in [1.54, 1.807) is 11.8 Å². The highest BCUT2D eigenvalue weighted by Gasteiger charge is 2.36. The normalized spacial score (nSPS) is 22.8. The van der Waals surface area contributed by atoms with Crippen LogP contribution in [0.3, 0.4) is 0 Å². The van der Waals surface area contributed by atoms with Gasteiger partial charge in [-0.3, -0.25) is 9.59 Å². The summed E-state index contributed by atoms with van der Waals surface area (Å²) >= 11 is 0. The van der Waals surface area contributed by atoms with Gasteiger partial charge in [0.1, 0.15) is 0 Å². The van der Waals surface area contributed by atoms with Crippen LogP contribution in [0.1, 0.15) is 26.2 Å². The lowest BCUT2D eigenvalue weighted by molar-refractivity contribution is -0.150. The molecule has 102 valence electrons. The molecule has 2 rings (SSSR count). The zero-order valence-corrected chi connectivity index (χ0v) is 11.0. The van der Waals surface area contributed by atoms with Crippen molar-refractivity contribution < 1.29 is 14.7 Å². The number of carboxylic acids is 1. The van der Waals surface area contributed by atoms with E-state index in [0.29, 0.717) is 19.5 Å². The van der Waals surface area contributed by atoms with Crippen molar-refractivity contribution >= 4 is 11.9 Å². The smallest absolute Gasteiger partial charge is 0.306 e. The summed E-state index contributed by atoms with van der Waals surface area (Å²) in [5.41, 5.74) is 0. The van der Waals surface area contributed by atoms with Gasteiger partial charge < -0.3 is 14.9 Å². The Labute approximate surface area is 108 Å². The minimum absolute atomic E-state index is 0.137. The highest BCUT2D eigenvalue weighted by Crippen LogP contribution is 2.24. The molecule has 0 radical (unpaired) electrons. The van der Waals surface area contributed by atoms with Crippen molar-refractivity contribution in [1.29, 1.82) is 0 Å². The summed E-state index contributed by atoms with van der Waals surface area (Å²) in [5, 5.41) is 8.88. The number of nitrogens with zero attached hydrogens (tertiary/aromatic N) is 2. The van der Waals surface area contributed by atoms with E-state index in [-0.39, 0.29) is 17.7 Å². The van der Waals surface area contributed by atoms with E-state index in [2.05, 4.69) is 4.90 Å². The van der Waals surface area contributed by atoms with Crippen LogP contribution in [0.25, 0.3) is 0 Å². The van der Waals surface area contributed by atoms with E-state index < -0.39 is 5.97 Å². The van der Waals surface area contributed by atoms with E-state index >= 15 is 0 Å². The number of amides is 1. The molecule has 2 aliphatic rings. The average Bonchev–Trinajstić information content (AvgIpc) is 2.76. The molecule has 2 aliphatic heterocycles. The molecule has 2 fully saturated rings. The second-order valence-electron chi connectivity index (χ2n) is 5.48. The van der Waals surface area contributed by atoms with Gasteiger partial charge in [-0.05, 0) is 25.9 Å². The molecular weight excluding hydrogens is 232 g/mol. The SMILES string of the molecule is CC(C(=O)O)C1CN(C(=O)CCN2CCCC2)C1. The van der Waals surface area contributed by atoms with E-state index in [0.717, 1.165) is 19.6 Å². The van der Waals surface area contributed by atoms with Gasteiger partial charge in [-0.2, -0.15) is 0 Å². The molecule has 0 aromatic rings.